The van der Waals surface area contributed by atoms with Gasteiger partial charge in [-0.15, -0.1) is 0 Å². The lowest BCUT2D eigenvalue weighted by molar-refractivity contribution is 0.0822. The quantitative estimate of drug-likeness (QED) is 0.323. The summed E-state index contributed by atoms with van der Waals surface area (Å²) in [5.74, 6) is 1.36. The van der Waals surface area contributed by atoms with Crippen LogP contribution < -0.4 is 10.1 Å². The number of hydrogen-bond acceptors (Lipinski definition) is 8. The molecule has 1 atom stereocenters. The van der Waals surface area contributed by atoms with Crippen molar-refractivity contribution in [1.82, 2.24) is 39.6 Å². The molecule has 196 valence electrons. The highest BCUT2D eigenvalue weighted by molar-refractivity contribution is 6.00. The molecule has 0 bridgehead atoms. The van der Waals surface area contributed by atoms with Crippen molar-refractivity contribution in [2.24, 2.45) is 7.05 Å². The molecule has 0 radical (unpaired) electrons. The lowest BCUT2D eigenvalue weighted by atomic mass is 10.00. The number of imidazole rings is 1. The molecular weight excluding hydrogens is 478 g/mol. The monoisotopic (exact) mass is 511 g/mol. The molecule has 5 aromatic rings. The molecule has 6 rings (SSSR count). The molecule has 0 amide bonds. The predicted molar refractivity (Wildman–Crippen MR) is 148 cm³/mol. The zero-order valence-electron chi connectivity index (χ0n) is 22.2. The van der Waals surface area contributed by atoms with Crippen molar-refractivity contribution >= 4 is 27.8 Å². The van der Waals surface area contributed by atoms with Crippen LogP contribution in [0.5, 0.6) is 5.88 Å². The summed E-state index contributed by atoms with van der Waals surface area (Å²) < 4.78 is 8.55. The van der Waals surface area contributed by atoms with E-state index < -0.39 is 0 Å². The Balaban J connectivity index is 1.39. The predicted octanol–water partition coefficient (Wildman–Crippen LogP) is 4.73. The Morgan fingerprint density at radius 2 is 1.95 bits per heavy atom. The smallest absolute Gasteiger partial charge is 0.222 e. The van der Waals surface area contributed by atoms with E-state index in [2.05, 4.69) is 80.3 Å². The summed E-state index contributed by atoms with van der Waals surface area (Å²) in [6, 6.07) is 8.87. The van der Waals surface area contributed by atoms with E-state index in [1.807, 2.05) is 24.1 Å². The lowest BCUT2D eigenvalue weighted by Crippen LogP contribution is -2.41. The van der Waals surface area contributed by atoms with Crippen molar-refractivity contribution in [3.05, 3.63) is 55.0 Å². The van der Waals surface area contributed by atoms with Crippen molar-refractivity contribution < 1.29 is 4.74 Å². The number of ether oxygens (including phenoxy) is 1. The van der Waals surface area contributed by atoms with Gasteiger partial charge < -0.3 is 19.9 Å². The van der Waals surface area contributed by atoms with E-state index >= 15 is 0 Å². The van der Waals surface area contributed by atoms with E-state index in [1.165, 1.54) is 6.33 Å². The molecule has 1 aliphatic heterocycles. The summed E-state index contributed by atoms with van der Waals surface area (Å²) in [5.41, 5.74) is 4.38. The first-order valence-electron chi connectivity index (χ1n) is 13.2. The molecule has 1 fully saturated rings. The number of H-pyrrole nitrogens is 1. The summed E-state index contributed by atoms with van der Waals surface area (Å²) in [4.78, 5) is 23.6. The van der Waals surface area contributed by atoms with Gasteiger partial charge in [0.1, 0.15) is 17.9 Å². The first-order chi connectivity index (χ1) is 18.5. The van der Waals surface area contributed by atoms with Gasteiger partial charge in [-0.1, -0.05) is 18.2 Å². The van der Waals surface area contributed by atoms with Crippen molar-refractivity contribution in [3.8, 4) is 17.0 Å². The number of piperidine rings is 1. The number of pyridine rings is 1. The Morgan fingerprint density at radius 3 is 2.71 bits per heavy atom. The van der Waals surface area contributed by atoms with Crippen molar-refractivity contribution in [1.29, 1.82) is 0 Å². The number of aromatic nitrogens is 7. The maximum Gasteiger partial charge on any atom is 0.222 e. The van der Waals surface area contributed by atoms with Gasteiger partial charge in [0.25, 0.3) is 0 Å². The number of fused-ring (bicyclic) bond motifs is 2. The Morgan fingerprint density at radius 1 is 1.11 bits per heavy atom. The third kappa shape index (κ3) is 4.67. The SMILES string of the molecule is CC(Nc1ncnc2nc[nH]c12)c1cc2cccc(-c3cnn(C)c3)c2c(OC2CCN(C(C)C)CC2)n1. The van der Waals surface area contributed by atoms with E-state index in [9.17, 15) is 0 Å². The third-order valence-electron chi connectivity index (χ3n) is 7.37. The molecule has 0 spiro atoms. The second kappa shape index (κ2) is 10.0. The van der Waals surface area contributed by atoms with Crippen LogP contribution in [0.3, 0.4) is 0 Å². The van der Waals surface area contributed by atoms with Gasteiger partial charge in [-0.2, -0.15) is 5.10 Å². The lowest BCUT2D eigenvalue weighted by Gasteiger charge is -2.34. The van der Waals surface area contributed by atoms with E-state index in [4.69, 9.17) is 9.72 Å². The Labute approximate surface area is 221 Å². The molecule has 5 heterocycles. The molecule has 1 aromatic carbocycles. The number of anilines is 1. The number of hydrogen-bond donors (Lipinski definition) is 2. The third-order valence-corrected chi connectivity index (χ3v) is 7.37. The molecule has 10 nitrogen and oxygen atoms in total. The van der Waals surface area contributed by atoms with E-state index in [-0.39, 0.29) is 12.1 Å². The number of benzene rings is 1. The van der Waals surface area contributed by atoms with Crippen molar-refractivity contribution in [2.45, 2.75) is 51.8 Å². The largest absolute Gasteiger partial charge is 0.474 e. The van der Waals surface area contributed by atoms with Crippen LogP contribution in [0, 0.1) is 0 Å². The topological polar surface area (TPSA) is 110 Å². The van der Waals surface area contributed by atoms with Gasteiger partial charge in [-0.05, 0) is 50.6 Å². The van der Waals surface area contributed by atoms with Gasteiger partial charge >= 0.3 is 0 Å². The maximum atomic E-state index is 6.73. The number of aromatic amines is 1. The number of aryl methyl sites for hydroxylation is 1. The summed E-state index contributed by atoms with van der Waals surface area (Å²) in [6.07, 6.45) is 9.14. The number of nitrogens with one attached hydrogen (secondary N) is 2. The number of nitrogens with zero attached hydrogens (tertiary/aromatic N) is 7. The van der Waals surface area contributed by atoms with Crippen LogP contribution >= 0.6 is 0 Å². The molecule has 38 heavy (non-hydrogen) atoms. The second-order valence-electron chi connectivity index (χ2n) is 10.3. The zero-order valence-corrected chi connectivity index (χ0v) is 22.2. The molecule has 10 heteroatoms. The fourth-order valence-electron chi connectivity index (χ4n) is 5.22. The molecule has 0 aliphatic carbocycles. The minimum Gasteiger partial charge on any atom is -0.474 e. The highest BCUT2D eigenvalue weighted by Crippen LogP contribution is 2.37. The fraction of sp³-hybridized carbons (Fsp3) is 0.393. The molecule has 4 aromatic heterocycles. The molecule has 0 saturated carbocycles. The van der Waals surface area contributed by atoms with Crippen LogP contribution in [0.2, 0.25) is 0 Å². The van der Waals surface area contributed by atoms with E-state index in [0.29, 0.717) is 23.4 Å². The van der Waals surface area contributed by atoms with Gasteiger partial charge in [0.05, 0.1) is 29.6 Å². The van der Waals surface area contributed by atoms with E-state index in [1.54, 1.807) is 6.33 Å². The molecule has 1 saturated heterocycles. The number of rotatable bonds is 7. The molecule has 1 unspecified atom stereocenters. The molecular formula is C28H33N9O. The van der Waals surface area contributed by atoms with Gasteiger partial charge in [0.2, 0.25) is 5.88 Å². The van der Waals surface area contributed by atoms with Crippen molar-refractivity contribution in [3.63, 3.8) is 0 Å². The standard InChI is InChI=1S/C28H33N9O/c1-17(2)37-10-8-21(9-11-37)38-28-24-19(6-5-7-22(24)20-13-33-36(4)14-20)12-23(35-28)18(3)34-27-25-26(30-15-29-25)31-16-32-27/h5-7,12-18,21H,8-11H2,1-4H3,(H2,29,30,31,32,34). The maximum absolute atomic E-state index is 6.73. The van der Waals surface area contributed by atoms with Crippen LogP contribution in [-0.4, -0.2) is 64.8 Å². The van der Waals surface area contributed by atoms with Gasteiger partial charge in [-0.3, -0.25) is 4.68 Å². The minimum atomic E-state index is -0.131. The molecule has 2 N–H and O–H groups in total. The summed E-state index contributed by atoms with van der Waals surface area (Å²) in [7, 11) is 1.93. The first kappa shape index (κ1) is 24.3. The van der Waals surface area contributed by atoms with E-state index in [0.717, 1.165) is 59.0 Å². The van der Waals surface area contributed by atoms with Crippen LogP contribution in [0.15, 0.2) is 49.3 Å². The summed E-state index contributed by atoms with van der Waals surface area (Å²) in [6.45, 7) is 8.64. The Bertz CT molecular complexity index is 1570. The highest BCUT2D eigenvalue weighted by Gasteiger charge is 2.25. The second-order valence-corrected chi connectivity index (χ2v) is 10.3. The van der Waals surface area contributed by atoms with Crippen LogP contribution in [-0.2, 0) is 7.05 Å². The summed E-state index contributed by atoms with van der Waals surface area (Å²) >= 11 is 0. The van der Waals surface area contributed by atoms with Crippen molar-refractivity contribution in [2.75, 3.05) is 18.4 Å². The van der Waals surface area contributed by atoms with Crippen LogP contribution in [0.4, 0.5) is 5.82 Å². The first-order valence-corrected chi connectivity index (χ1v) is 13.2. The average Bonchev–Trinajstić information content (AvgIpc) is 3.58. The number of likely N-dealkylation sites (tertiary alicyclic amines) is 1. The Hall–Kier alpha value is -4.05. The minimum absolute atomic E-state index is 0.118. The van der Waals surface area contributed by atoms with Gasteiger partial charge in [-0.25, -0.2) is 19.9 Å². The van der Waals surface area contributed by atoms with Gasteiger partial charge in [0, 0.05) is 37.9 Å². The molecule has 1 aliphatic rings. The highest BCUT2D eigenvalue weighted by atomic mass is 16.5. The average molecular weight is 512 g/mol. The normalized spacial score (nSPS) is 15.9. The van der Waals surface area contributed by atoms with Crippen LogP contribution in [0.1, 0.15) is 45.3 Å². The zero-order chi connectivity index (χ0) is 26.2. The summed E-state index contributed by atoms with van der Waals surface area (Å²) in [5, 5.41) is 9.99. The van der Waals surface area contributed by atoms with Gasteiger partial charge in [0.15, 0.2) is 11.5 Å². The Kier molecular flexibility index (Phi) is 6.40. The fourth-order valence-corrected chi connectivity index (χ4v) is 5.22. The van der Waals surface area contributed by atoms with Crippen LogP contribution in [0.25, 0.3) is 33.1 Å².